The van der Waals surface area contributed by atoms with Gasteiger partial charge in [0, 0.05) is 5.70 Å². The zero-order chi connectivity index (χ0) is 10.5. The van der Waals surface area contributed by atoms with Crippen molar-refractivity contribution in [3.8, 4) is 0 Å². The highest BCUT2D eigenvalue weighted by Crippen LogP contribution is 1.97. The average Bonchev–Trinajstić information content (AvgIpc) is 1.95. The molecule has 1 N–H and O–H groups in total. The first-order chi connectivity index (χ1) is 5.85. The predicted molar refractivity (Wildman–Crippen MR) is 55.7 cm³/mol. The number of rotatable bonds is 4. The zero-order valence-electron chi connectivity index (χ0n) is 8.16. The summed E-state index contributed by atoms with van der Waals surface area (Å²) in [6, 6.07) is 0. The molecule has 0 aromatic rings. The van der Waals surface area contributed by atoms with Crippen LogP contribution in [0.4, 0.5) is 0 Å². The molecule has 0 unspecified atom stereocenters. The Bertz CT molecular complexity index is 337. The molecule has 0 aromatic carbocycles. The maximum atomic E-state index is 10.8. The van der Waals surface area contributed by atoms with Gasteiger partial charge in [0.05, 0.1) is 6.26 Å². The molecule has 0 aliphatic heterocycles. The van der Waals surface area contributed by atoms with Crippen molar-refractivity contribution in [1.82, 2.24) is 4.72 Å². The van der Waals surface area contributed by atoms with Crippen LogP contribution in [-0.4, -0.2) is 14.7 Å². The molecular weight excluding hydrogens is 186 g/mol. The van der Waals surface area contributed by atoms with E-state index in [2.05, 4.69) is 11.3 Å². The zero-order valence-corrected chi connectivity index (χ0v) is 8.98. The molecule has 0 saturated carbocycles. The summed E-state index contributed by atoms with van der Waals surface area (Å²) in [4.78, 5) is 0. The van der Waals surface area contributed by atoms with Gasteiger partial charge in [0.15, 0.2) is 0 Å². The normalized spacial score (nSPS) is 13.3. The van der Waals surface area contributed by atoms with Crippen LogP contribution in [0.3, 0.4) is 0 Å². The van der Waals surface area contributed by atoms with Gasteiger partial charge in [-0.25, -0.2) is 8.42 Å². The highest BCUT2D eigenvalue weighted by Gasteiger charge is 1.99. The van der Waals surface area contributed by atoms with Gasteiger partial charge < -0.3 is 0 Å². The molecule has 0 bridgehead atoms. The highest BCUT2D eigenvalue weighted by atomic mass is 32.2. The van der Waals surface area contributed by atoms with E-state index in [0.717, 1.165) is 11.8 Å². The maximum absolute atomic E-state index is 10.8. The molecule has 0 spiro atoms. The molecule has 3 nitrogen and oxygen atoms in total. The minimum atomic E-state index is -3.18. The van der Waals surface area contributed by atoms with Crippen LogP contribution in [0.2, 0.25) is 0 Å². The largest absolute Gasteiger partial charge is 0.284 e. The molecule has 13 heavy (non-hydrogen) atoms. The summed E-state index contributed by atoms with van der Waals surface area (Å²) in [5, 5.41) is 0. The summed E-state index contributed by atoms with van der Waals surface area (Å²) in [7, 11) is -3.18. The van der Waals surface area contributed by atoms with E-state index in [-0.39, 0.29) is 0 Å². The van der Waals surface area contributed by atoms with Crippen LogP contribution in [0, 0.1) is 0 Å². The molecule has 0 saturated heterocycles. The van der Waals surface area contributed by atoms with Crippen LogP contribution >= 0.6 is 0 Å². The lowest BCUT2D eigenvalue weighted by Crippen LogP contribution is -2.20. The molecule has 0 rings (SSSR count). The molecule has 0 aliphatic carbocycles. The number of hydrogen-bond acceptors (Lipinski definition) is 2. The first kappa shape index (κ1) is 12.0. The van der Waals surface area contributed by atoms with E-state index in [1.165, 1.54) is 0 Å². The molecule has 0 heterocycles. The Hall–Kier alpha value is -1.03. The minimum absolute atomic E-state index is 0.547. The van der Waals surface area contributed by atoms with E-state index in [9.17, 15) is 8.42 Å². The third-order valence-electron chi connectivity index (χ3n) is 1.16. The van der Waals surface area contributed by atoms with Crippen molar-refractivity contribution in [1.29, 1.82) is 0 Å². The van der Waals surface area contributed by atoms with Gasteiger partial charge in [0.1, 0.15) is 0 Å². The van der Waals surface area contributed by atoms with Gasteiger partial charge in [-0.3, -0.25) is 4.72 Å². The summed E-state index contributed by atoms with van der Waals surface area (Å²) < 4.78 is 24.0. The molecule has 0 radical (unpaired) electrons. The average molecular weight is 201 g/mol. The Labute approximate surface area is 79.9 Å². The van der Waals surface area contributed by atoms with E-state index in [0.29, 0.717) is 5.70 Å². The van der Waals surface area contributed by atoms with Crippen molar-refractivity contribution in [3.05, 3.63) is 36.1 Å². The number of hydrogen-bond donors (Lipinski definition) is 1. The van der Waals surface area contributed by atoms with E-state index in [4.69, 9.17) is 0 Å². The third-order valence-corrected chi connectivity index (χ3v) is 1.77. The van der Waals surface area contributed by atoms with E-state index in [1.807, 2.05) is 6.92 Å². The topological polar surface area (TPSA) is 46.2 Å². The van der Waals surface area contributed by atoms with Gasteiger partial charge in [0.25, 0.3) is 0 Å². The predicted octanol–water partition coefficient (Wildman–Crippen LogP) is 1.57. The van der Waals surface area contributed by atoms with Crippen molar-refractivity contribution in [3.63, 3.8) is 0 Å². The lowest BCUT2D eigenvalue weighted by Gasteiger charge is -2.02. The maximum Gasteiger partial charge on any atom is 0.229 e. The second-order valence-electron chi connectivity index (χ2n) is 2.80. The van der Waals surface area contributed by atoms with Gasteiger partial charge in [-0.05, 0) is 19.9 Å². The lowest BCUT2D eigenvalue weighted by molar-refractivity contribution is 0.595. The van der Waals surface area contributed by atoms with Crippen molar-refractivity contribution in [2.45, 2.75) is 13.8 Å². The van der Waals surface area contributed by atoms with Gasteiger partial charge >= 0.3 is 0 Å². The monoisotopic (exact) mass is 201 g/mol. The minimum Gasteiger partial charge on any atom is -0.284 e. The Morgan fingerprint density at radius 3 is 2.23 bits per heavy atom. The molecule has 0 atom stereocenters. The molecule has 0 amide bonds. The second kappa shape index (κ2) is 4.87. The van der Waals surface area contributed by atoms with E-state index in [1.54, 1.807) is 25.2 Å². The second-order valence-corrected chi connectivity index (χ2v) is 4.55. The first-order valence-electron chi connectivity index (χ1n) is 3.83. The Balaban J connectivity index is 4.50. The summed E-state index contributed by atoms with van der Waals surface area (Å²) in [6.07, 6.45) is 6.21. The smallest absolute Gasteiger partial charge is 0.229 e. The molecule has 0 fully saturated rings. The molecule has 74 valence electrons. The fourth-order valence-corrected chi connectivity index (χ4v) is 1.25. The summed E-state index contributed by atoms with van der Waals surface area (Å²) in [5.41, 5.74) is 1.42. The van der Waals surface area contributed by atoms with Crippen LogP contribution in [0.5, 0.6) is 0 Å². The van der Waals surface area contributed by atoms with E-state index < -0.39 is 10.0 Å². The van der Waals surface area contributed by atoms with Crippen molar-refractivity contribution >= 4 is 10.0 Å². The van der Waals surface area contributed by atoms with Crippen LogP contribution < -0.4 is 4.72 Å². The number of allylic oxidation sites excluding steroid dienone is 4. The molecule has 0 aliphatic rings. The van der Waals surface area contributed by atoms with Crippen molar-refractivity contribution < 1.29 is 8.42 Å². The summed E-state index contributed by atoms with van der Waals surface area (Å²) in [6.45, 7) is 7.26. The van der Waals surface area contributed by atoms with Crippen LogP contribution in [0.1, 0.15) is 13.8 Å². The Morgan fingerprint density at radius 1 is 1.38 bits per heavy atom. The van der Waals surface area contributed by atoms with Crippen molar-refractivity contribution in [2.75, 3.05) is 6.26 Å². The highest BCUT2D eigenvalue weighted by molar-refractivity contribution is 7.88. The quantitative estimate of drug-likeness (QED) is 0.702. The van der Waals surface area contributed by atoms with Crippen LogP contribution in [-0.2, 0) is 10.0 Å². The third kappa shape index (κ3) is 7.33. The summed E-state index contributed by atoms with van der Waals surface area (Å²) in [5.74, 6) is 0. The van der Waals surface area contributed by atoms with Crippen LogP contribution in [0.25, 0.3) is 0 Å². The van der Waals surface area contributed by atoms with Crippen molar-refractivity contribution in [2.24, 2.45) is 0 Å². The fraction of sp³-hybridized carbons (Fsp3) is 0.333. The first-order valence-corrected chi connectivity index (χ1v) is 5.72. The van der Waals surface area contributed by atoms with Gasteiger partial charge in [-0.2, -0.15) is 0 Å². The molecular formula is C9H15NO2S. The molecule has 0 aromatic heterocycles. The Kier molecular flexibility index (Phi) is 4.48. The summed E-state index contributed by atoms with van der Waals surface area (Å²) >= 11 is 0. The standard InChI is InChI=1S/C9H15NO2S/c1-5-9(7-6-8(2)3)10-13(4,11)12/h5-7,10H,2H2,1,3-4H3/b7-6-,9-5+. The van der Waals surface area contributed by atoms with Gasteiger partial charge in [-0.15, -0.1) is 0 Å². The molecule has 4 heteroatoms. The van der Waals surface area contributed by atoms with Gasteiger partial charge in [0.2, 0.25) is 10.0 Å². The lowest BCUT2D eigenvalue weighted by atomic mass is 10.3. The van der Waals surface area contributed by atoms with E-state index >= 15 is 0 Å². The number of sulfonamides is 1. The van der Waals surface area contributed by atoms with Gasteiger partial charge in [-0.1, -0.05) is 24.3 Å². The fourth-order valence-electron chi connectivity index (χ4n) is 0.635. The number of nitrogens with one attached hydrogen (secondary N) is 1. The SMILES string of the molecule is C=C(C)/C=C\C(=C/C)NS(C)(=O)=O. The van der Waals surface area contributed by atoms with Crippen LogP contribution in [0.15, 0.2) is 36.1 Å². The Morgan fingerprint density at radius 2 is 1.92 bits per heavy atom.